The summed E-state index contributed by atoms with van der Waals surface area (Å²) in [5.74, 6) is 0.595. The molecular weight excluding hydrogens is 316 g/mol. The molecule has 1 N–H and O–H groups in total. The van der Waals surface area contributed by atoms with E-state index in [1.165, 1.54) is 4.68 Å². The standard InChI is InChI=1S/C18H24N6O/c1-3-10-22(2)15-6-4-8-20-17(13-15)24-18(25)16(14-21-24)23-11-5-7-19-9-12-23/h4,7-9,12-14,21H,3,5-6,10-11H2,1-2H3. The highest BCUT2D eigenvalue weighted by atomic mass is 16.1. The summed E-state index contributed by atoms with van der Waals surface area (Å²) in [5, 5.41) is 3.04. The Kier molecular flexibility index (Phi) is 5.33. The lowest BCUT2D eigenvalue weighted by atomic mass is 10.2. The van der Waals surface area contributed by atoms with Gasteiger partial charge >= 0.3 is 0 Å². The van der Waals surface area contributed by atoms with Crippen LogP contribution in [0, 0.1) is 0 Å². The van der Waals surface area contributed by atoms with Crippen molar-refractivity contribution in [2.45, 2.75) is 26.2 Å². The van der Waals surface area contributed by atoms with Crippen LogP contribution in [0.3, 0.4) is 0 Å². The molecule has 0 fully saturated rings. The second-order valence-corrected chi connectivity index (χ2v) is 6.04. The predicted molar refractivity (Wildman–Crippen MR) is 102 cm³/mol. The van der Waals surface area contributed by atoms with Crippen molar-refractivity contribution in [3.63, 3.8) is 0 Å². The van der Waals surface area contributed by atoms with Crippen LogP contribution < -0.4 is 10.5 Å². The molecule has 132 valence electrons. The lowest BCUT2D eigenvalue weighted by Gasteiger charge is -2.21. The SMILES string of the molecule is CCCN(C)C1=CC(n2[nH]cc(N3C=CN=CCC3)c2=O)=NC=CC1. The van der Waals surface area contributed by atoms with Gasteiger partial charge in [-0.3, -0.25) is 14.9 Å². The zero-order chi connectivity index (χ0) is 17.6. The smallest absolute Gasteiger partial charge is 0.296 e. The molecule has 0 atom stereocenters. The van der Waals surface area contributed by atoms with E-state index in [-0.39, 0.29) is 5.56 Å². The van der Waals surface area contributed by atoms with Gasteiger partial charge in [0.2, 0.25) is 0 Å². The molecule has 0 aliphatic carbocycles. The molecule has 3 rings (SSSR count). The van der Waals surface area contributed by atoms with Crippen molar-refractivity contribution in [2.24, 2.45) is 9.98 Å². The number of allylic oxidation sites excluding steroid dienone is 2. The van der Waals surface area contributed by atoms with Gasteiger partial charge in [-0.1, -0.05) is 13.0 Å². The lowest BCUT2D eigenvalue weighted by molar-refractivity contribution is 0.410. The normalized spacial score (nSPS) is 17.1. The fourth-order valence-electron chi connectivity index (χ4n) is 2.88. The maximum absolute atomic E-state index is 12.9. The van der Waals surface area contributed by atoms with Gasteiger partial charge in [0.15, 0.2) is 5.84 Å². The average Bonchev–Trinajstić information content (AvgIpc) is 2.83. The third-order valence-electron chi connectivity index (χ3n) is 4.21. The third-order valence-corrected chi connectivity index (χ3v) is 4.21. The number of aliphatic imine (C=N–C) groups is 2. The molecular formula is C18H24N6O. The molecule has 0 radical (unpaired) electrons. The molecule has 0 bridgehead atoms. The van der Waals surface area contributed by atoms with Crippen molar-refractivity contribution >= 4 is 17.7 Å². The Morgan fingerprint density at radius 1 is 1.36 bits per heavy atom. The van der Waals surface area contributed by atoms with Gasteiger partial charge in [-0.25, -0.2) is 4.99 Å². The van der Waals surface area contributed by atoms with Crippen LogP contribution in [-0.4, -0.2) is 46.9 Å². The number of hydrogen-bond acceptors (Lipinski definition) is 5. The topological polar surface area (TPSA) is 69.0 Å². The molecule has 0 unspecified atom stereocenters. The minimum absolute atomic E-state index is 0.116. The minimum Gasteiger partial charge on any atom is -0.378 e. The fraction of sp³-hybridized carbons (Fsp3) is 0.389. The van der Waals surface area contributed by atoms with Crippen LogP contribution in [0.2, 0.25) is 0 Å². The summed E-state index contributed by atoms with van der Waals surface area (Å²) in [6.45, 7) is 3.84. The van der Waals surface area contributed by atoms with Crippen LogP contribution in [0.15, 0.2) is 57.4 Å². The molecule has 2 aliphatic heterocycles. The van der Waals surface area contributed by atoms with Crippen molar-refractivity contribution in [1.82, 2.24) is 14.7 Å². The van der Waals surface area contributed by atoms with Crippen molar-refractivity contribution in [1.29, 1.82) is 0 Å². The number of rotatable bonds is 4. The molecule has 2 aliphatic rings. The number of hydrogen-bond donors (Lipinski definition) is 1. The molecule has 1 aromatic heterocycles. The maximum atomic E-state index is 12.9. The van der Waals surface area contributed by atoms with Crippen LogP contribution in [0.25, 0.3) is 0 Å². The van der Waals surface area contributed by atoms with E-state index in [0.717, 1.165) is 38.0 Å². The predicted octanol–water partition coefficient (Wildman–Crippen LogP) is 2.32. The van der Waals surface area contributed by atoms with E-state index in [4.69, 9.17) is 0 Å². The number of aromatic amines is 1. The highest BCUT2D eigenvalue weighted by molar-refractivity contribution is 5.95. The Morgan fingerprint density at radius 3 is 3.08 bits per heavy atom. The summed E-state index contributed by atoms with van der Waals surface area (Å²) in [5.41, 5.74) is 1.62. The molecule has 25 heavy (non-hydrogen) atoms. The average molecular weight is 340 g/mol. The minimum atomic E-state index is -0.116. The second-order valence-electron chi connectivity index (χ2n) is 6.04. The van der Waals surface area contributed by atoms with E-state index < -0.39 is 0 Å². The molecule has 0 saturated carbocycles. The zero-order valence-corrected chi connectivity index (χ0v) is 14.7. The Balaban J connectivity index is 1.91. The van der Waals surface area contributed by atoms with Gasteiger partial charge in [-0.15, -0.1) is 0 Å². The highest BCUT2D eigenvalue weighted by Gasteiger charge is 2.16. The van der Waals surface area contributed by atoms with Gasteiger partial charge in [-0.05, 0) is 6.42 Å². The van der Waals surface area contributed by atoms with Gasteiger partial charge in [0.1, 0.15) is 5.69 Å². The summed E-state index contributed by atoms with van der Waals surface area (Å²) in [6, 6.07) is 0. The van der Waals surface area contributed by atoms with Crippen molar-refractivity contribution < 1.29 is 0 Å². The van der Waals surface area contributed by atoms with Crippen LogP contribution in [0.4, 0.5) is 5.69 Å². The zero-order valence-electron chi connectivity index (χ0n) is 14.7. The molecule has 0 aromatic carbocycles. The van der Waals surface area contributed by atoms with E-state index in [2.05, 4.69) is 34.0 Å². The van der Waals surface area contributed by atoms with Gasteiger partial charge < -0.3 is 9.80 Å². The van der Waals surface area contributed by atoms with E-state index in [1.54, 1.807) is 18.6 Å². The molecule has 0 amide bonds. The highest BCUT2D eigenvalue weighted by Crippen LogP contribution is 2.14. The summed E-state index contributed by atoms with van der Waals surface area (Å²) in [6.07, 6.45) is 15.5. The van der Waals surface area contributed by atoms with Gasteiger partial charge in [0.05, 0.1) is 0 Å². The monoisotopic (exact) mass is 340 g/mol. The Labute approximate surface area is 147 Å². The summed E-state index contributed by atoms with van der Waals surface area (Å²) >= 11 is 0. The van der Waals surface area contributed by atoms with Crippen molar-refractivity contribution in [3.05, 3.63) is 53.0 Å². The molecule has 3 heterocycles. The van der Waals surface area contributed by atoms with Crippen LogP contribution in [-0.2, 0) is 0 Å². The molecule has 0 spiro atoms. The maximum Gasteiger partial charge on any atom is 0.296 e. The summed E-state index contributed by atoms with van der Waals surface area (Å²) in [7, 11) is 2.07. The van der Waals surface area contributed by atoms with Crippen LogP contribution in [0.1, 0.15) is 26.2 Å². The third kappa shape index (κ3) is 3.81. The number of nitrogens with one attached hydrogen (secondary N) is 1. The van der Waals surface area contributed by atoms with Crippen molar-refractivity contribution in [3.8, 4) is 0 Å². The van der Waals surface area contributed by atoms with Gasteiger partial charge in [-0.2, -0.15) is 4.68 Å². The van der Waals surface area contributed by atoms with Gasteiger partial charge in [0, 0.05) is 75.8 Å². The molecule has 7 nitrogen and oxygen atoms in total. The summed E-state index contributed by atoms with van der Waals surface area (Å²) < 4.78 is 1.49. The van der Waals surface area contributed by atoms with Crippen LogP contribution in [0.5, 0.6) is 0 Å². The Bertz CT molecular complexity index is 808. The fourth-order valence-corrected chi connectivity index (χ4v) is 2.88. The first kappa shape index (κ1) is 17.0. The first-order valence-corrected chi connectivity index (χ1v) is 8.61. The van der Waals surface area contributed by atoms with E-state index in [1.807, 2.05) is 29.5 Å². The first-order chi connectivity index (χ1) is 12.2. The van der Waals surface area contributed by atoms with E-state index >= 15 is 0 Å². The number of anilines is 1. The Hall–Kier alpha value is -2.83. The number of nitrogens with zero attached hydrogens (tertiary/aromatic N) is 5. The quantitative estimate of drug-likeness (QED) is 0.914. The van der Waals surface area contributed by atoms with Crippen LogP contribution >= 0.6 is 0 Å². The molecule has 0 saturated heterocycles. The molecule has 1 aromatic rings. The largest absolute Gasteiger partial charge is 0.378 e. The van der Waals surface area contributed by atoms with E-state index in [9.17, 15) is 4.79 Å². The van der Waals surface area contributed by atoms with Crippen molar-refractivity contribution in [2.75, 3.05) is 25.0 Å². The summed E-state index contributed by atoms with van der Waals surface area (Å²) in [4.78, 5) is 25.5. The number of H-pyrrole nitrogens is 1. The lowest BCUT2D eigenvalue weighted by Crippen LogP contribution is -2.29. The first-order valence-electron chi connectivity index (χ1n) is 8.61. The second kappa shape index (κ2) is 7.83. The van der Waals surface area contributed by atoms with Gasteiger partial charge in [0.25, 0.3) is 5.56 Å². The Morgan fingerprint density at radius 2 is 2.24 bits per heavy atom. The molecule has 7 heteroatoms. The number of aromatic nitrogens is 2. The van der Waals surface area contributed by atoms with E-state index in [0.29, 0.717) is 11.5 Å².